The predicted octanol–water partition coefficient (Wildman–Crippen LogP) is 4.89. The first-order valence-corrected chi connectivity index (χ1v) is 13.8. The first-order valence-electron chi connectivity index (χ1n) is 13.8. The average Bonchev–Trinajstić information content (AvgIpc) is 3.30. The standard InChI is InChI=1S/C31H30FN5O4/c32-26-14-20(16-33)3-4-23(26)19-41-30-25(2-1-10-34-30)21-7-11-36(12-8-21)18-29-35-27-6-5-22(31(38)39)15-28(27)37(29)17-24-9-13-40-24/h1-6,10,14-15,21,24H,7-9,11-13,17-19H2,(H,38,39)/t24-/m0/s1. The van der Waals surface area contributed by atoms with Crippen LogP contribution in [-0.2, 0) is 24.4 Å². The molecule has 0 radical (unpaired) electrons. The highest BCUT2D eigenvalue weighted by molar-refractivity contribution is 5.92. The SMILES string of the molecule is N#Cc1ccc(COc2ncccc2C2CCN(Cc3nc4ccc(C(=O)O)cc4n3C[C@@H]3CCO3)CC2)c(F)c1. The van der Waals surface area contributed by atoms with Crippen LogP contribution in [0.5, 0.6) is 5.88 Å². The number of carboxylic acid groups (broad SMARTS) is 1. The number of rotatable bonds is 9. The number of halogens is 1. The van der Waals surface area contributed by atoms with E-state index in [2.05, 4.69) is 14.5 Å². The van der Waals surface area contributed by atoms with Crippen molar-refractivity contribution in [2.45, 2.75) is 51.0 Å². The Morgan fingerprint density at radius 2 is 2.00 bits per heavy atom. The molecule has 6 rings (SSSR count). The maximum atomic E-state index is 14.4. The highest BCUT2D eigenvalue weighted by Crippen LogP contribution is 2.34. The van der Waals surface area contributed by atoms with Crippen molar-refractivity contribution in [3.8, 4) is 11.9 Å². The van der Waals surface area contributed by atoms with Gasteiger partial charge in [-0.1, -0.05) is 12.1 Å². The van der Waals surface area contributed by atoms with Crippen LogP contribution < -0.4 is 4.74 Å². The van der Waals surface area contributed by atoms with Gasteiger partial charge in [0.1, 0.15) is 18.2 Å². The monoisotopic (exact) mass is 555 g/mol. The number of fused-ring (bicyclic) bond motifs is 1. The topological polar surface area (TPSA) is 114 Å². The lowest BCUT2D eigenvalue weighted by molar-refractivity contribution is -0.0592. The number of imidazole rings is 1. The summed E-state index contributed by atoms with van der Waals surface area (Å²) in [6.45, 7) is 3.81. The molecule has 2 aromatic carbocycles. The van der Waals surface area contributed by atoms with Crippen LogP contribution in [0, 0.1) is 17.1 Å². The quantitative estimate of drug-likeness (QED) is 0.311. The number of aromatic carboxylic acids is 1. The molecule has 0 spiro atoms. The fourth-order valence-corrected chi connectivity index (χ4v) is 5.58. The molecule has 2 saturated heterocycles. The van der Waals surface area contributed by atoms with Crippen molar-refractivity contribution < 1.29 is 23.8 Å². The lowest BCUT2D eigenvalue weighted by Gasteiger charge is -2.33. The van der Waals surface area contributed by atoms with E-state index in [0.717, 1.165) is 61.4 Å². The summed E-state index contributed by atoms with van der Waals surface area (Å²) in [6, 6.07) is 15.3. The van der Waals surface area contributed by atoms with E-state index in [1.807, 2.05) is 18.2 Å². The van der Waals surface area contributed by atoms with Crippen molar-refractivity contribution in [1.29, 1.82) is 5.26 Å². The number of pyridine rings is 1. The van der Waals surface area contributed by atoms with Crippen molar-refractivity contribution in [3.05, 3.63) is 88.6 Å². The Kier molecular flexibility index (Phi) is 7.63. The van der Waals surface area contributed by atoms with Gasteiger partial charge in [-0.25, -0.2) is 19.2 Å². The van der Waals surface area contributed by atoms with Gasteiger partial charge in [-0.15, -0.1) is 0 Å². The molecule has 41 heavy (non-hydrogen) atoms. The van der Waals surface area contributed by atoms with Crippen molar-refractivity contribution in [1.82, 2.24) is 19.4 Å². The number of hydrogen-bond acceptors (Lipinski definition) is 7. The Morgan fingerprint density at radius 1 is 1.17 bits per heavy atom. The summed E-state index contributed by atoms with van der Waals surface area (Å²) in [5.41, 5.74) is 3.51. The molecule has 0 saturated carbocycles. The average molecular weight is 556 g/mol. The Hall–Kier alpha value is -4.33. The largest absolute Gasteiger partial charge is 0.478 e. The smallest absolute Gasteiger partial charge is 0.335 e. The minimum absolute atomic E-state index is 0.0327. The van der Waals surface area contributed by atoms with Gasteiger partial charge in [0.05, 0.1) is 47.4 Å². The van der Waals surface area contributed by atoms with Crippen LogP contribution in [0.25, 0.3) is 11.0 Å². The van der Waals surface area contributed by atoms with E-state index in [1.54, 1.807) is 36.5 Å². The lowest BCUT2D eigenvalue weighted by Crippen LogP contribution is -2.35. The first kappa shape index (κ1) is 26.9. The van der Waals surface area contributed by atoms with Gasteiger partial charge < -0.3 is 19.1 Å². The summed E-state index contributed by atoms with van der Waals surface area (Å²) in [7, 11) is 0. The van der Waals surface area contributed by atoms with Crippen LogP contribution in [0.3, 0.4) is 0 Å². The number of likely N-dealkylation sites (tertiary alicyclic amines) is 1. The number of nitriles is 1. The minimum atomic E-state index is -0.955. The number of benzene rings is 2. The zero-order chi connectivity index (χ0) is 28.3. The molecular weight excluding hydrogens is 525 g/mol. The van der Waals surface area contributed by atoms with Gasteiger partial charge in [-0.05, 0) is 74.7 Å². The third-order valence-corrected chi connectivity index (χ3v) is 7.99. The zero-order valence-corrected chi connectivity index (χ0v) is 22.5. The van der Waals surface area contributed by atoms with Crippen LogP contribution in [0.2, 0.25) is 0 Å². The fraction of sp³-hybridized carbons (Fsp3) is 0.355. The van der Waals surface area contributed by atoms with Gasteiger partial charge in [-0.3, -0.25) is 4.90 Å². The molecule has 10 heteroatoms. The Balaban J connectivity index is 1.14. The number of ether oxygens (including phenoxy) is 2. The molecule has 2 aliphatic rings. The van der Waals surface area contributed by atoms with Gasteiger partial charge >= 0.3 is 5.97 Å². The van der Waals surface area contributed by atoms with Crippen molar-refractivity contribution in [3.63, 3.8) is 0 Å². The Bertz CT molecular complexity index is 1620. The van der Waals surface area contributed by atoms with Crippen LogP contribution in [-0.4, -0.2) is 56.3 Å². The molecule has 0 bridgehead atoms. The molecule has 0 unspecified atom stereocenters. The molecule has 2 fully saturated rings. The van der Waals surface area contributed by atoms with E-state index in [-0.39, 0.29) is 29.8 Å². The maximum Gasteiger partial charge on any atom is 0.335 e. The highest BCUT2D eigenvalue weighted by atomic mass is 19.1. The second-order valence-electron chi connectivity index (χ2n) is 10.6. The molecule has 4 heterocycles. The number of aromatic nitrogens is 3. The number of nitrogens with zero attached hydrogens (tertiary/aromatic N) is 5. The van der Waals surface area contributed by atoms with Gasteiger partial charge in [0, 0.05) is 23.9 Å². The van der Waals surface area contributed by atoms with Gasteiger partial charge in [0.15, 0.2) is 0 Å². The van der Waals surface area contributed by atoms with Crippen LogP contribution in [0.1, 0.15) is 58.1 Å². The molecule has 2 aromatic heterocycles. The molecule has 0 aliphatic carbocycles. The van der Waals surface area contributed by atoms with E-state index in [9.17, 15) is 14.3 Å². The van der Waals surface area contributed by atoms with Crippen LogP contribution in [0.15, 0.2) is 54.7 Å². The Morgan fingerprint density at radius 3 is 2.71 bits per heavy atom. The second kappa shape index (κ2) is 11.6. The predicted molar refractivity (Wildman–Crippen MR) is 148 cm³/mol. The summed E-state index contributed by atoms with van der Waals surface area (Å²) in [5, 5.41) is 18.5. The van der Waals surface area contributed by atoms with E-state index in [1.165, 1.54) is 6.07 Å². The molecule has 0 amide bonds. The van der Waals surface area contributed by atoms with E-state index < -0.39 is 11.8 Å². The summed E-state index contributed by atoms with van der Waals surface area (Å²) in [6.07, 6.45) is 4.59. The molecule has 1 atom stereocenters. The summed E-state index contributed by atoms with van der Waals surface area (Å²) in [4.78, 5) is 23.3. The fourth-order valence-electron chi connectivity index (χ4n) is 5.58. The van der Waals surface area contributed by atoms with Gasteiger partial charge in [-0.2, -0.15) is 5.26 Å². The molecule has 2 aliphatic heterocycles. The normalized spacial score (nSPS) is 17.7. The number of hydrogen-bond donors (Lipinski definition) is 1. The van der Waals surface area contributed by atoms with Crippen LogP contribution in [0.4, 0.5) is 4.39 Å². The van der Waals surface area contributed by atoms with Crippen molar-refractivity contribution in [2.24, 2.45) is 0 Å². The first-order chi connectivity index (χ1) is 20.0. The summed E-state index contributed by atoms with van der Waals surface area (Å²) >= 11 is 0. The number of piperidine rings is 1. The summed E-state index contributed by atoms with van der Waals surface area (Å²) < 4.78 is 28.1. The molecule has 210 valence electrons. The number of carboxylic acids is 1. The summed E-state index contributed by atoms with van der Waals surface area (Å²) in [5.74, 6) is 0.242. The molecule has 4 aromatic rings. The lowest BCUT2D eigenvalue weighted by atomic mass is 9.90. The number of carbonyl (C=O) groups is 1. The molecule has 9 nitrogen and oxygen atoms in total. The maximum absolute atomic E-state index is 14.4. The Labute approximate surface area is 236 Å². The van der Waals surface area contributed by atoms with E-state index in [4.69, 9.17) is 19.7 Å². The van der Waals surface area contributed by atoms with E-state index in [0.29, 0.717) is 24.5 Å². The third-order valence-electron chi connectivity index (χ3n) is 7.99. The van der Waals surface area contributed by atoms with Crippen molar-refractivity contribution in [2.75, 3.05) is 19.7 Å². The highest BCUT2D eigenvalue weighted by Gasteiger charge is 2.27. The van der Waals surface area contributed by atoms with Crippen molar-refractivity contribution >= 4 is 17.0 Å². The third kappa shape index (κ3) is 5.78. The van der Waals surface area contributed by atoms with Crippen LogP contribution >= 0.6 is 0 Å². The van der Waals surface area contributed by atoms with E-state index >= 15 is 0 Å². The molecular formula is C31H30FN5O4. The molecule has 1 N–H and O–H groups in total. The van der Waals surface area contributed by atoms with Gasteiger partial charge in [0.2, 0.25) is 5.88 Å². The van der Waals surface area contributed by atoms with Gasteiger partial charge in [0.25, 0.3) is 0 Å². The second-order valence-corrected chi connectivity index (χ2v) is 10.6. The zero-order valence-electron chi connectivity index (χ0n) is 22.5. The minimum Gasteiger partial charge on any atom is -0.478 e.